The van der Waals surface area contributed by atoms with Crippen molar-refractivity contribution in [3.8, 4) is 10.6 Å². The van der Waals surface area contributed by atoms with E-state index in [0.717, 1.165) is 0 Å². The smallest absolute Gasteiger partial charge is 0.330 e. The Balaban J connectivity index is 2.04. The Morgan fingerprint density at radius 1 is 1.39 bits per heavy atom. The summed E-state index contributed by atoms with van der Waals surface area (Å²) in [6, 6.07) is 6.12. The van der Waals surface area contributed by atoms with Gasteiger partial charge in [-0.1, -0.05) is 12.1 Å². The minimum Gasteiger partial charge on any atom is -0.467 e. The molecule has 1 aromatic carbocycles. The van der Waals surface area contributed by atoms with E-state index in [-0.39, 0.29) is 18.1 Å². The number of aromatic nitrogens is 1. The number of nitrogens with one attached hydrogen (secondary N) is 1. The number of nitrogens with zero attached hydrogens (tertiary/aromatic N) is 1. The number of ether oxygens (including phenoxy) is 1. The molecule has 2 rings (SSSR count). The van der Waals surface area contributed by atoms with Gasteiger partial charge in [-0.25, -0.2) is 14.2 Å². The average Bonchev–Trinajstić information content (AvgIpc) is 2.94. The number of benzene rings is 1. The highest BCUT2D eigenvalue weighted by molar-refractivity contribution is 7.13. The van der Waals surface area contributed by atoms with Gasteiger partial charge in [0.05, 0.1) is 19.2 Å². The Labute approximate surface area is 137 Å². The van der Waals surface area contributed by atoms with Gasteiger partial charge in [0.1, 0.15) is 16.4 Å². The van der Waals surface area contributed by atoms with Gasteiger partial charge in [-0.05, 0) is 26.0 Å². The summed E-state index contributed by atoms with van der Waals surface area (Å²) in [6.45, 7) is 3.13. The van der Waals surface area contributed by atoms with Gasteiger partial charge in [0.2, 0.25) is 5.91 Å². The highest BCUT2D eigenvalue weighted by Crippen LogP contribution is 2.24. The van der Waals surface area contributed by atoms with E-state index < -0.39 is 11.5 Å². The Bertz CT molecular complexity index is 728. The van der Waals surface area contributed by atoms with Crippen LogP contribution in [0.4, 0.5) is 4.39 Å². The van der Waals surface area contributed by atoms with Crippen LogP contribution in [0.5, 0.6) is 0 Å². The monoisotopic (exact) mass is 336 g/mol. The maximum Gasteiger partial charge on any atom is 0.330 e. The van der Waals surface area contributed by atoms with Crippen molar-refractivity contribution < 1.29 is 18.7 Å². The average molecular weight is 336 g/mol. The molecule has 0 saturated carbocycles. The van der Waals surface area contributed by atoms with Crippen molar-refractivity contribution in [3.05, 3.63) is 41.2 Å². The lowest BCUT2D eigenvalue weighted by atomic mass is 10.1. The van der Waals surface area contributed by atoms with E-state index in [9.17, 15) is 14.0 Å². The van der Waals surface area contributed by atoms with Crippen molar-refractivity contribution in [2.24, 2.45) is 0 Å². The molecule has 1 N–H and O–H groups in total. The van der Waals surface area contributed by atoms with Gasteiger partial charge in [-0.2, -0.15) is 0 Å². The van der Waals surface area contributed by atoms with Gasteiger partial charge in [-0.15, -0.1) is 11.3 Å². The van der Waals surface area contributed by atoms with Crippen molar-refractivity contribution in [2.45, 2.75) is 25.8 Å². The predicted octanol–water partition coefficient (Wildman–Crippen LogP) is 2.56. The molecular formula is C16H17FN2O3S. The third-order valence-electron chi connectivity index (χ3n) is 3.11. The van der Waals surface area contributed by atoms with Crippen LogP contribution < -0.4 is 5.32 Å². The quantitative estimate of drug-likeness (QED) is 0.852. The summed E-state index contributed by atoms with van der Waals surface area (Å²) in [4.78, 5) is 27.9. The minimum absolute atomic E-state index is 0.0340. The van der Waals surface area contributed by atoms with Crippen LogP contribution in [0.25, 0.3) is 10.6 Å². The molecule has 0 aliphatic heterocycles. The fourth-order valence-corrected chi connectivity index (χ4v) is 2.82. The molecule has 0 aliphatic carbocycles. The molecule has 0 spiro atoms. The van der Waals surface area contributed by atoms with Crippen LogP contribution >= 0.6 is 11.3 Å². The number of carbonyl (C=O) groups is 2. The van der Waals surface area contributed by atoms with Crippen LogP contribution in [-0.4, -0.2) is 29.5 Å². The number of carbonyl (C=O) groups excluding carboxylic acids is 2. The fraction of sp³-hybridized carbons (Fsp3) is 0.312. The topological polar surface area (TPSA) is 68.3 Å². The zero-order valence-electron chi connectivity index (χ0n) is 13.1. The molecular weight excluding hydrogens is 319 g/mol. The Morgan fingerprint density at radius 2 is 2.13 bits per heavy atom. The fourth-order valence-electron chi connectivity index (χ4n) is 2.01. The lowest BCUT2D eigenvalue weighted by Gasteiger charge is -2.22. The van der Waals surface area contributed by atoms with E-state index in [1.165, 1.54) is 30.6 Å². The van der Waals surface area contributed by atoms with Crippen molar-refractivity contribution in [3.63, 3.8) is 0 Å². The van der Waals surface area contributed by atoms with E-state index in [1.54, 1.807) is 31.4 Å². The van der Waals surface area contributed by atoms with Crippen LogP contribution in [0.1, 0.15) is 19.5 Å². The normalized spacial score (nSPS) is 11.1. The molecule has 23 heavy (non-hydrogen) atoms. The van der Waals surface area contributed by atoms with Crippen LogP contribution in [0.15, 0.2) is 29.6 Å². The number of amides is 1. The summed E-state index contributed by atoms with van der Waals surface area (Å²) in [5.74, 6) is -1.20. The molecule has 0 bridgehead atoms. The second-order valence-electron chi connectivity index (χ2n) is 5.50. The van der Waals surface area contributed by atoms with Gasteiger partial charge in [0.25, 0.3) is 0 Å². The summed E-state index contributed by atoms with van der Waals surface area (Å²) in [5, 5.41) is 4.98. The molecule has 0 fully saturated rings. The largest absolute Gasteiger partial charge is 0.467 e. The maximum atomic E-state index is 13.2. The van der Waals surface area contributed by atoms with E-state index in [0.29, 0.717) is 16.3 Å². The van der Waals surface area contributed by atoms with E-state index in [2.05, 4.69) is 15.0 Å². The molecule has 5 nitrogen and oxygen atoms in total. The van der Waals surface area contributed by atoms with Gasteiger partial charge >= 0.3 is 5.97 Å². The molecule has 0 unspecified atom stereocenters. The first kappa shape index (κ1) is 17.1. The van der Waals surface area contributed by atoms with E-state index in [4.69, 9.17) is 0 Å². The van der Waals surface area contributed by atoms with Crippen molar-refractivity contribution in [2.75, 3.05) is 7.11 Å². The molecule has 0 saturated heterocycles. The Kier molecular flexibility index (Phi) is 5.10. The first-order valence-electron chi connectivity index (χ1n) is 6.91. The number of methoxy groups -OCH3 is 1. The lowest BCUT2D eigenvalue weighted by Crippen LogP contribution is -2.50. The minimum atomic E-state index is -1.10. The maximum absolute atomic E-state index is 13.2. The molecule has 0 radical (unpaired) electrons. The first-order chi connectivity index (χ1) is 10.8. The summed E-state index contributed by atoms with van der Waals surface area (Å²) in [6.07, 6.45) is 0.0340. The van der Waals surface area contributed by atoms with E-state index in [1.807, 2.05) is 0 Å². The second kappa shape index (κ2) is 6.87. The zero-order valence-corrected chi connectivity index (χ0v) is 13.9. The molecule has 122 valence electrons. The standard InChI is InChI=1S/C16H17FN2O3S/c1-16(2,15(21)22-3)19-13(20)8-12-9-23-14(18-12)10-5-4-6-11(17)7-10/h4-7,9H,8H2,1-3H3,(H,19,20). The molecule has 1 aromatic heterocycles. The number of hydrogen-bond donors (Lipinski definition) is 1. The second-order valence-corrected chi connectivity index (χ2v) is 6.35. The Morgan fingerprint density at radius 3 is 2.78 bits per heavy atom. The summed E-state index contributed by atoms with van der Waals surface area (Å²) >= 11 is 1.33. The molecule has 1 heterocycles. The molecule has 0 atom stereocenters. The summed E-state index contributed by atoms with van der Waals surface area (Å²) in [5.41, 5.74) is 0.122. The number of thiazole rings is 1. The SMILES string of the molecule is COC(=O)C(C)(C)NC(=O)Cc1csc(-c2cccc(F)c2)n1. The van der Waals surface area contributed by atoms with Gasteiger partial charge < -0.3 is 10.1 Å². The highest BCUT2D eigenvalue weighted by atomic mass is 32.1. The van der Waals surface area contributed by atoms with Gasteiger partial charge in [0, 0.05) is 10.9 Å². The van der Waals surface area contributed by atoms with Crippen LogP contribution in [0.2, 0.25) is 0 Å². The third-order valence-corrected chi connectivity index (χ3v) is 4.05. The first-order valence-corrected chi connectivity index (χ1v) is 7.79. The Hall–Kier alpha value is -2.28. The molecule has 7 heteroatoms. The molecule has 2 aromatic rings. The predicted molar refractivity (Wildman–Crippen MR) is 85.4 cm³/mol. The zero-order chi connectivity index (χ0) is 17.0. The van der Waals surface area contributed by atoms with Crippen LogP contribution in [0, 0.1) is 5.82 Å². The third kappa shape index (κ3) is 4.35. The number of esters is 1. The number of halogens is 1. The summed E-state index contributed by atoms with van der Waals surface area (Å²) in [7, 11) is 1.27. The van der Waals surface area contributed by atoms with Crippen LogP contribution in [-0.2, 0) is 20.7 Å². The van der Waals surface area contributed by atoms with Gasteiger partial charge in [0.15, 0.2) is 0 Å². The molecule has 1 amide bonds. The molecule has 0 aliphatic rings. The van der Waals surface area contributed by atoms with Gasteiger partial charge in [-0.3, -0.25) is 4.79 Å². The highest BCUT2D eigenvalue weighted by Gasteiger charge is 2.30. The van der Waals surface area contributed by atoms with Crippen molar-refractivity contribution in [1.29, 1.82) is 0 Å². The van der Waals surface area contributed by atoms with E-state index >= 15 is 0 Å². The number of hydrogen-bond acceptors (Lipinski definition) is 5. The summed E-state index contributed by atoms with van der Waals surface area (Å²) < 4.78 is 17.9. The van der Waals surface area contributed by atoms with Crippen molar-refractivity contribution in [1.82, 2.24) is 10.3 Å². The van der Waals surface area contributed by atoms with Crippen molar-refractivity contribution >= 4 is 23.2 Å². The lowest BCUT2D eigenvalue weighted by molar-refractivity contribution is -0.149. The van der Waals surface area contributed by atoms with Crippen LogP contribution in [0.3, 0.4) is 0 Å². The number of rotatable bonds is 5.